The van der Waals surface area contributed by atoms with Crippen LogP contribution in [0, 0.1) is 0 Å². The minimum atomic E-state index is -4.38. The SMILES string of the molecule is CC(C)=CCOP(=O)(O)O[P+](=O)O. The van der Waals surface area contributed by atoms with E-state index in [1.165, 1.54) is 6.08 Å². The fourth-order valence-electron chi connectivity index (χ4n) is 0.410. The Kier molecular flexibility index (Phi) is 5.56. The average Bonchev–Trinajstić information content (AvgIpc) is 1.81. The summed E-state index contributed by atoms with van der Waals surface area (Å²) in [5, 5.41) is 0. The van der Waals surface area contributed by atoms with Crippen LogP contribution in [0.3, 0.4) is 0 Å². The van der Waals surface area contributed by atoms with E-state index < -0.39 is 16.1 Å². The first-order valence-corrected chi connectivity index (χ1v) is 5.92. The van der Waals surface area contributed by atoms with Crippen molar-refractivity contribution in [3.63, 3.8) is 0 Å². The molecule has 0 aliphatic carbocycles. The molecule has 76 valence electrons. The van der Waals surface area contributed by atoms with Gasteiger partial charge in [0.15, 0.2) is 0 Å². The molecule has 2 atom stereocenters. The molecule has 8 heteroatoms. The predicted molar refractivity (Wildman–Crippen MR) is 46.1 cm³/mol. The number of hydrogen-bond acceptors (Lipinski definition) is 4. The van der Waals surface area contributed by atoms with Crippen LogP contribution in [0.4, 0.5) is 0 Å². The fraction of sp³-hybridized carbons (Fsp3) is 0.600. The molecule has 0 aromatic rings. The Morgan fingerprint density at radius 3 is 2.54 bits per heavy atom. The largest absolute Gasteiger partial charge is 0.705 e. The summed E-state index contributed by atoms with van der Waals surface area (Å²) in [6.07, 6.45) is 1.54. The van der Waals surface area contributed by atoms with Crippen LogP contribution in [0.25, 0.3) is 0 Å². The number of rotatable bonds is 5. The van der Waals surface area contributed by atoms with Crippen molar-refractivity contribution in [2.75, 3.05) is 6.61 Å². The number of phosphoric acid groups is 1. The van der Waals surface area contributed by atoms with E-state index in [1.54, 1.807) is 13.8 Å². The second-order valence-corrected chi connectivity index (χ2v) is 4.69. The van der Waals surface area contributed by atoms with E-state index in [-0.39, 0.29) is 6.61 Å². The zero-order valence-corrected chi connectivity index (χ0v) is 9.00. The first-order chi connectivity index (χ1) is 5.83. The van der Waals surface area contributed by atoms with Gasteiger partial charge in [-0.3, -0.25) is 9.42 Å². The zero-order chi connectivity index (χ0) is 10.5. The van der Waals surface area contributed by atoms with Gasteiger partial charge < -0.3 is 0 Å². The molecule has 6 nitrogen and oxygen atoms in total. The molecular formula is C5H11O6P2+. The molecule has 0 aromatic heterocycles. The van der Waals surface area contributed by atoms with E-state index in [9.17, 15) is 9.13 Å². The Labute approximate surface area is 76.8 Å². The molecule has 0 bridgehead atoms. The quantitative estimate of drug-likeness (QED) is 0.550. The Balaban J connectivity index is 3.97. The van der Waals surface area contributed by atoms with E-state index in [2.05, 4.69) is 8.83 Å². The Bertz CT molecular complexity index is 256. The van der Waals surface area contributed by atoms with Gasteiger partial charge in [-0.15, -0.1) is 4.89 Å². The molecule has 0 amide bonds. The van der Waals surface area contributed by atoms with E-state index >= 15 is 0 Å². The summed E-state index contributed by atoms with van der Waals surface area (Å²) in [5.41, 5.74) is 0.897. The molecule has 2 unspecified atom stereocenters. The maximum absolute atomic E-state index is 10.7. The third-order valence-electron chi connectivity index (χ3n) is 0.902. The van der Waals surface area contributed by atoms with Gasteiger partial charge >= 0.3 is 16.1 Å². The summed E-state index contributed by atoms with van der Waals surface area (Å²) >= 11 is 0. The summed E-state index contributed by atoms with van der Waals surface area (Å²) in [5.74, 6) is 0. The summed E-state index contributed by atoms with van der Waals surface area (Å²) in [6.45, 7) is 3.41. The third-order valence-corrected chi connectivity index (χ3v) is 2.76. The second-order valence-electron chi connectivity index (χ2n) is 2.37. The smallest absolute Gasteiger partial charge is 0.300 e. The van der Waals surface area contributed by atoms with Gasteiger partial charge in [0.1, 0.15) is 0 Å². The molecule has 0 aliphatic heterocycles. The van der Waals surface area contributed by atoms with Gasteiger partial charge in [-0.1, -0.05) is 11.6 Å². The lowest BCUT2D eigenvalue weighted by Crippen LogP contribution is -1.90. The van der Waals surface area contributed by atoms with Crippen molar-refractivity contribution < 1.29 is 27.8 Å². The summed E-state index contributed by atoms with van der Waals surface area (Å²) < 4.78 is 28.8. The molecule has 0 aliphatic rings. The molecule has 13 heavy (non-hydrogen) atoms. The molecule has 0 spiro atoms. The van der Waals surface area contributed by atoms with Crippen LogP contribution in [0.2, 0.25) is 0 Å². The normalized spacial score (nSPS) is 16.2. The highest BCUT2D eigenvalue weighted by Crippen LogP contribution is 2.50. The van der Waals surface area contributed by atoms with Crippen molar-refractivity contribution >= 4 is 16.1 Å². The van der Waals surface area contributed by atoms with E-state index in [0.717, 1.165) is 5.57 Å². The highest BCUT2D eigenvalue weighted by atomic mass is 31.2. The average molecular weight is 229 g/mol. The Hall–Kier alpha value is -0.0900. The van der Waals surface area contributed by atoms with E-state index in [1.807, 2.05) is 0 Å². The summed E-state index contributed by atoms with van der Waals surface area (Å²) in [4.78, 5) is 16.9. The Morgan fingerprint density at radius 1 is 1.62 bits per heavy atom. The van der Waals surface area contributed by atoms with Crippen molar-refractivity contribution in [2.24, 2.45) is 0 Å². The van der Waals surface area contributed by atoms with E-state index in [0.29, 0.717) is 0 Å². The summed E-state index contributed by atoms with van der Waals surface area (Å²) in [6, 6.07) is 0. The van der Waals surface area contributed by atoms with Gasteiger partial charge in [0.25, 0.3) is 0 Å². The molecule has 2 N–H and O–H groups in total. The van der Waals surface area contributed by atoms with Gasteiger partial charge in [0, 0.05) is 4.57 Å². The molecule has 0 rings (SSSR count). The van der Waals surface area contributed by atoms with Gasteiger partial charge in [-0.25, -0.2) is 4.57 Å². The molecule has 0 radical (unpaired) electrons. The van der Waals surface area contributed by atoms with Crippen molar-refractivity contribution in [2.45, 2.75) is 13.8 Å². The highest BCUT2D eigenvalue weighted by molar-refractivity contribution is 7.55. The number of hydrogen-bond donors (Lipinski definition) is 2. The number of phosphoric ester groups is 1. The first-order valence-electron chi connectivity index (χ1n) is 3.30. The zero-order valence-electron chi connectivity index (χ0n) is 7.21. The second kappa shape index (κ2) is 5.60. The standard InChI is InChI=1S/C5H10O6P2/c1-5(2)3-4-10-13(8,9)11-12(6)7/h3H,4H2,1-2H3,(H-,6,7,8,9)/p+1. The van der Waals surface area contributed by atoms with Gasteiger partial charge in [0.05, 0.1) is 6.61 Å². The molecule has 0 fully saturated rings. The fourth-order valence-corrected chi connectivity index (χ4v) is 1.57. The lowest BCUT2D eigenvalue weighted by molar-refractivity contribution is 0.218. The maximum atomic E-state index is 10.7. The van der Waals surface area contributed by atoms with Gasteiger partial charge in [-0.05, 0) is 18.2 Å². The van der Waals surface area contributed by atoms with Crippen LogP contribution in [0.1, 0.15) is 13.8 Å². The highest BCUT2D eigenvalue weighted by Gasteiger charge is 2.34. The van der Waals surface area contributed by atoms with Gasteiger partial charge in [0.2, 0.25) is 0 Å². The van der Waals surface area contributed by atoms with Crippen LogP contribution in [-0.2, 0) is 18.0 Å². The molecule has 0 saturated carbocycles. The molecule has 0 saturated heterocycles. The van der Waals surface area contributed by atoms with Crippen LogP contribution < -0.4 is 0 Å². The van der Waals surface area contributed by atoms with Crippen LogP contribution in [-0.4, -0.2) is 16.4 Å². The van der Waals surface area contributed by atoms with Crippen molar-refractivity contribution in [1.82, 2.24) is 0 Å². The first kappa shape index (κ1) is 12.9. The summed E-state index contributed by atoms with van der Waals surface area (Å²) in [7, 11) is -7.51. The lowest BCUT2D eigenvalue weighted by Gasteiger charge is -2.01. The minimum Gasteiger partial charge on any atom is -0.300 e. The number of allylic oxidation sites excluding steroid dienone is 1. The minimum absolute atomic E-state index is 0.140. The molecule has 0 heterocycles. The van der Waals surface area contributed by atoms with Crippen molar-refractivity contribution in [1.29, 1.82) is 0 Å². The predicted octanol–water partition coefficient (Wildman–Crippen LogP) is 1.74. The van der Waals surface area contributed by atoms with Crippen LogP contribution in [0.15, 0.2) is 11.6 Å². The molecular weight excluding hydrogens is 218 g/mol. The van der Waals surface area contributed by atoms with Crippen molar-refractivity contribution in [3.8, 4) is 0 Å². The Morgan fingerprint density at radius 2 is 2.15 bits per heavy atom. The van der Waals surface area contributed by atoms with Gasteiger partial charge in [-0.2, -0.15) is 0 Å². The van der Waals surface area contributed by atoms with Crippen LogP contribution >= 0.6 is 16.1 Å². The van der Waals surface area contributed by atoms with E-state index in [4.69, 9.17) is 9.79 Å². The monoisotopic (exact) mass is 229 g/mol. The topological polar surface area (TPSA) is 93.1 Å². The van der Waals surface area contributed by atoms with Crippen molar-refractivity contribution in [3.05, 3.63) is 11.6 Å². The van der Waals surface area contributed by atoms with Crippen LogP contribution in [0.5, 0.6) is 0 Å². The maximum Gasteiger partial charge on any atom is 0.705 e. The third kappa shape index (κ3) is 8.25. The molecule has 0 aromatic carbocycles. The lowest BCUT2D eigenvalue weighted by atomic mass is 10.3.